The van der Waals surface area contributed by atoms with Crippen molar-refractivity contribution in [1.29, 1.82) is 5.26 Å². The van der Waals surface area contributed by atoms with Gasteiger partial charge in [-0.2, -0.15) is 5.26 Å². The van der Waals surface area contributed by atoms with Gasteiger partial charge in [-0.25, -0.2) is 0 Å². The van der Waals surface area contributed by atoms with Crippen LogP contribution in [0.25, 0.3) is 0 Å². The number of nitrogens with zero attached hydrogens (tertiary/aromatic N) is 1. The van der Waals surface area contributed by atoms with Crippen LogP contribution in [0.5, 0.6) is 0 Å². The molecule has 1 aliphatic carbocycles. The summed E-state index contributed by atoms with van der Waals surface area (Å²) in [4.78, 5) is 0. The molecule has 2 heteroatoms. The first kappa shape index (κ1) is 9.92. The smallest absolute Gasteiger partial charge is 0.0944 e. The van der Waals surface area contributed by atoms with Gasteiger partial charge in [-0.1, -0.05) is 19.8 Å². The van der Waals surface area contributed by atoms with E-state index in [0.717, 1.165) is 5.75 Å². The van der Waals surface area contributed by atoms with Crippen LogP contribution in [0.15, 0.2) is 0 Å². The summed E-state index contributed by atoms with van der Waals surface area (Å²) in [5, 5.41) is 9.23. The lowest BCUT2D eigenvalue weighted by Gasteiger charge is -2.14. The van der Waals surface area contributed by atoms with Gasteiger partial charge in [0.05, 0.1) is 11.3 Å². The SMILES string of the molecule is CCCSC(C#N)C1CCCC1. The molecule has 12 heavy (non-hydrogen) atoms. The summed E-state index contributed by atoms with van der Waals surface area (Å²) in [6.45, 7) is 2.18. The number of hydrogen-bond acceptors (Lipinski definition) is 2. The van der Waals surface area contributed by atoms with Gasteiger partial charge in [0.25, 0.3) is 0 Å². The molecular weight excluding hydrogens is 166 g/mol. The Hall–Kier alpha value is -0.160. The summed E-state index contributed by atoms with van der Waals surface area (Å²) >= 11 is 1.86. The molecule has 1 fully saturated rings. The van der Waals surface area contributed by atoms with E-state index in [4.69, 9.17) is 5.26 Å². The summed E-state index contributed by atoms with van der Waals surface area (Å²) in [6.07, 6.45) is 6.45. The molecule has 0 aromatic heterocycles. The zero-order chi connectivity index (χ0) is 8.81. The molecule has 0 radical (unpaired) electrons. The maximum absolute atomic E-state index is 8.94. The first-order valence-electron chi connectivity index (χ1n) is 4.89. The van der Waals surface area contributed by atoms with Crippen LogP contribution in [0.2, 0.25) is 0 Å². The molecular formula is C10H17NS. The highest BCUT2D eigenvalue weighted by atomic mass is 32.2. The summed E-state index contributed by atoms with van der Waals surface area (Å²) in [7, 11) is 0. The Kier molecular flexibility index (Phi) is 4.53. The van der Waals surface area contributed by atoms with Gasteiger partial charge in [-0.3, -0.25) is 0 Å². The van der Waals surface area contributed by atoms with Crippen molar-refractivity contribution in [3.8, 4) is 6.07 Å². The summed E-state index contributed by atoms with van der Waals surface area (Å²) < 4.78 is 0. The topological polar surface area (TPSA) is 23.8 Å². The number of thioether (sulfide) groups is 1. The van der Waals surface area contributed by atoms with Crippen molar-refractivity contribution in [1.82, 2.24) is 0 Å². The zero-order valence-corrected chi connectivity index (χ0v) is 8.57. The Bertz CT molecular complexity index is 156. The maximum atomic E-state index is 8.94. The van der Waals surface area contributed by atoms with Gasteiger partial charge in [0.15, 0.2) is 0 Å². The molecule has 1 rings (SSSR count). The normalized spacial score (nSPS) is 20.7. The fourth-order valence-electron chi connectivity index (χ4n) is 1.78. The molecule has 0 aliphatic heterocycles. The number of rotatable bonds is 4. The number of nitriles is 1. The van der Waals surface area contributed by atoms with E-state index >= 15 is 0 Å². The molecule has 0 aromatic carbocycles. The average molecular weight is 183 g/mol. The van der Waals surface area contributed by atoms with Crippen molar-refractivity contribution in [2.45, 2.75) is 44.3 Å². The van der Waals surface area contributed by atoms with E-state index in [0.29, 0.717) is 5.92 Å². The summed E-state index contributed by atoms with van der Waals surface area (Å²) in [5.41, 5.74) is 0. The molecule has 0 N–H and O–H groups in total. The first-order chi connectivity index (χ1) is 5.88. The van der Waals surface area contributed by atoms with Crippen molar-refractivity contribution in [3.05, 3.63) is 0 Å². The maximum Gasteiger partial charge on any atom is 0.0944 e. The Morgan fingerprint density at radius 2 is 2.17 bits per heavy atom. The van der Waals surface area contributed by atoms with E-state index in [2.05, 4.69) is 13.0 Å². The highest BCUT2D eigenvalue weighted by Gasteiger charge is 2.24. The first-order valence-corrected chi connectivity index (χ1v) is 5.94. The van der Waals surface area contributed by atoms with Crippen LogP contribution in [-0.4, -0.2) is 11.0 Å². The van der Waals surface area contributed by atoms with Crippen molar-refractivity contribution >= 4 is 11.8 Å². The van der Waals surface area contributed by atoms with Gasteiger partial charge >= 0.3 is 0 Å². The third kappa shape index (κ3) is 2.71. The molecule has 1 atom stereocenters. The minimum absolute atomic E-state index is 0.285. The molecule has 0 aromatic rings. The van der Waals surface area contributed by atoms with Crippen LogP contribution >= 0.6 is 11.8 Å². The highest BCUT2D eigenvalue weighted by molar-refractivity contribution is 8.00. The molecule has 0 bridgehead atoms. The molecule has 1 unspecified atom stereocenters. The predicted octanol–water partition coefficient (Wildman–Crippen LogP) is 3.21. The highest BCUT2D eigenvalue weighted by Crippen LogP contribution is 2.33. The largest absolute Gasteiger partial charge is 0.197 e. The summed E-state index contributed by atoms with van der Waals surface area (Å²) in [6, 6.07) is 2.44. The molecule has 68 valence electrons. The van der Waals surface area contributed by atoms with Crippen molar-refractivity contribution in [2.24, 2.45) is 5.92 Å². The lowest BCUT2D eigenvalue weighted by molar-refractivity contribution is 0.575. The molecule has 0 heterocycles. The minimum Gasteiger partial charge on any atom is -0.197 e. The lowest BCUT2D eigenvalue weighted by Crippen LogP contribution is -2.12. The van der Waals surface area contributed by atoms with Gasteiger partial charge in [0.1, 0.15) is 0 Å². The lowest BCUT2D eigenvalue weighted by atomic mass is 10.1. The summed E-state index contributed by atoms with van der Waals surface area (Å²) in [5.74, 6) is 1.85. The van der Waals surface area contributed by atoms with Crippen LogP contribution in [0.3, 0.4) is 0 Å². The Morgan fingerprint density at radius 1 is 1.50 bits per heavy atom. The quantitative estimate of drug-likeness (QED) is 0.668. The average Bonchev–Trinajstić information content (AvgIpc) is 2.59. The monoisotopic (exact) mass is 183 g/mol. The van der Waals surface area contributed by atoms with Crippen LogP contribution in [0, 0.1) is 17.2 Å². The minimum atomic E-state index is 0.285. The van der Waals surface area contributed by atoms with Gasteiger partial charge in [0, 0.05) is 0 Å². The molecule has 0 saturated heterocycles. The molecule has 0 spiro atoms. The van der Waals surface area contributed by atoms with Crippen LogP contribution in [0.4, 0.5) is 0 Å². The van der Waals surface area contributed by atoms with E-state index < -0.39 is 0 Å². The Balaban J connectivity index is 2.29. The van der Waals surface area contributed by atoms with Gasteiger partial charge in [-0.15, -0.1) is 11.8 Å². The fraction of sp³-hybridized carbons (Fsp3) is 0.900. The third-order valence-corrected chi connectivity index (χ3v) is 3.95. The molecule has 1 saturated carbocycles. The molecule has 1 nitrogen and oxygen atoms in total. The second-order valence-corrected chi connectivity index (χ2v) is 4.71. The predicted molar refractivity (Wildman–Crippen MR) is 54.1 cm³/mol. The second kappa shape index (κ2) is 5.48. The van der Waals surface area contributed by atoms with Crippen molar-refractivity contribution in [3.63, 3.8) is 0 Å². The Morgan fingerprint density at radius 3 is 2.67 bits per heavy atom. The zero-order valence-electron chi connectivity index (χ0n) is 7.75. The van der Waals surface area contributed by atoms with E-state index in [1.807, 2.05) is 11.8 Å². The fourth-order valence-corrected chi connectivity index (χ4v) is 2.89. The van der Waals surface area contributed by atoms with Crippen molar-refractivity contribution < 1.29 is 0 Å². The van der Waals surface area contributed by atoms with Gasteiger partial charge in [-0.05, 0) is 30.9 Å². The molecule has 1 aliphatic rings. The van der Waals surface area contributed by atoms with Crippen molar-refractivity contribution in [2.75, 3.05) is 5.75 Å². The van der Waals surface area contributed by atoms with E-state index in [-0.39, 0.29) is 5.25 Å². The Labute approximate surface area is 79.5 Å². The molecule has 0 amide bonds. The van der Waals surface area contributed by atoms with Gasteiger partial charge < -0.3 is 0 Å². The van der Waals surface area contributed by atoms with E-state index in [1.54, 1.807) is 0 Å². The van der Waals surface area contributed by atoms with E-state index in [9.17, 15) is 0 Å². The van der Waals surface area contributed by atoms with Crippen LogP contribution in [0.1, 0.15) is 39.0 Å². The van der Waals surface area contributed by atoms with Crippen LogP contribution < -0.4 is 0 Å². The third-order valence-electron chi connectivity index (χ3n) is 2.46. The standard InChI is InChI=1S/C10H17NS/c1-2-7-12-10(8-11)9-5-3-4-6-9/h9-10H,2-7H2,1H3. The number of hydrogen-bond donors (Lipinski definition) is 0. The van der Waals surface area contributed by atoms with Crippen LogP contribution in [-0.2, 0) is 0 Å². The second-order valence-electron chi connectivity index (χ2n) is 3.47. The van der Waals surface area contributed by atoms with E-state index in [1.165, 1.54) is 32.1 Å². The van der Waals surface area contributed by atoms with Gasteiger partial charge in [0.2, 0.25) is 0 Å².